The lowest BCUT2D eigenvalue weighted by atomic mass is 10.0. The quantitative estimate of drug-likeness (QED) is 0.454. The van der Waals surface area contributed by atoms with Gasteiger partial charge in [-0.3, -0.25) is 10.7 Å². The van der Waals surface area contributed by atoms with Crippen LogP contribution in [0.3, 0.4) is 0 Å². The lowest BCUT2D eigenvalue weighted by Gasteiger charge is -2.42. The molecule has 1 unspecified atom stereocenters. The Labute approximate surface area is 119 Å². The summed E-state index contributed by atoms with van der Waals surface area (Å²) in [5, 5.41) is 9.56. The van der Waals surface area contributed by atoms with Crippen molar-refractivity contribution < 1.29 is 17.6 Å². The number of hydrogen-bond donors (Lipinski definition) is 3. The Hall–Kier alpha value is -1.83. The first-order valence-corrected chi connectivity index (χ1v) is 6.36. The fraction of sp³-hybridized carbons (Fsp3) is 0.462. The van der Waals surface area contributed by atoms with Crippen molar-refractivity contribution in [2.24, 2.45) is 5.73 Å². The molecule has 0 aromatic heterocycles. The zero-order chi connectivity index (χ0) is 15.8. The lowest BCUT2D eigenvalue weighted by Crippen LogP contribution is -2.62. The fourth-order valence-corrected chi connectivity index (χ4v) is 2.24. The van der Waals surface area contributed by atoms with Crippen molar-refractivity contribution in [3.05, 3.63) is 35.1 Å². The average Bonchev–Trinajstić information content (AvgIpc) is 2.26. The van der Waals surface area contributed by atoms with Crippen LogP contribution in [0, 0.1) is 18.2 Å². The average molecular weight is 304 g/mol. The van der Waals surface area contributed by atoms with Crippen molar-refractivity contribution in [3.8, 4) is 0 Å². The van der Waals surface area contributed by atoms with Gasteiger partial charge in [-0.15, -0.1) is 0 Å². The van der Waals surface area contributed by atoms with Gasteiger partial charge in [-0.2, -0.15) is 13.2 Å². The molecule has 1 atom stereocenters. The molecule has 0 aliphatic carbocycles. The molecule has 8 heteroatoms. The van der Waals surface area contributed by atoms with E-state index in [0.717, 1.165) is 12.1 Å². The van der Waals surface area contributed by atoms with Crippen LogP contribution < -0.4 is 11.1 Å². The van der Waals surface area contributed by atoms with Crippen molar-refractivity contribution in [2.45, 2.75) is 25.2 Å². The zero-order valence-electron chi connectivity index (χ0n) is 11.3. The van der Waals surface area contributed by atoms with E-state index < -0.39 is 29.6 Å². The summed E-state index contributed by atoms with van der Waals surface area (Å²) in [6.45, 7) is 2.02. The molecule has 0 spiro atoms. The molecule has 1 fully saturated rings. The van der Waals surface area contributed by atoms with Crippen molar-refractivity contribution in [2.75, 3.05) is 13.1 Å². The van der Waals surface area contributed by atoms with Crippen molar-refractivity contribution in [1.82, 2.24) is 10.2 Å². The summed E-state index contributed by atoms with van der Waals surface area (Å²) in [5.41, 5.74) is 5.36. The standard InChI is InChI=1S/C13H16F4N4/c1-7-2-3-9(10(14)4-7)11(13(15,16)17)20-8-5-21(6-8)12(18)19/h2-4,8,11,20H,5-6H2,1H3,(H3,18,19). The molecule has 21 heavy (non-hydrogen) atoms. The van der Waals surface area contributed by atoms with Gasteiger partial charge in [-0.25, -0.2) is 4.39 Å². The minimum Gasteiger partial charge on any atom is -0.370 e. The van der Waals surface area contributed by atoms with Crippen LogP contribution in [0.25, 0.3) is 0 Å². The van der Waals surface area contributed by atoms with Gasteiger partial charge in [0.25, 0.3) is 0 Å². The maximum atomic E-state index is 13.8. The van der Waals surface area contributed by atoms with Gasteiger partial charge in [-0.05, 0) is 18.6 Å². The van der Waals surface area contributed by atoms with Gasteiger partial charge in [0.1, 0.15) is 11.9 Å². The second kappa shape index (κ2) is 5.51. The maximum absolute atomic E-state index is 13.8. The summed E-state index contributed by atoms with van der Waals surface area (Å²) < 4.78 is 53.3. The smallest absolute Gasteiger partial charge is 0.370 e. The van der Waals surface area contributed by atoms with E-state index in [-0.39, 0.29) is 19.0 Å². The first-order chi connectivity index (χ1) is 9.68. The highest BCUT2D eigenvalue weighted by Gasteiger charge is 2.44. The Bertz CT molecular complexity index is 537. The Kier molecular flexibility index (Phi) is 4.08. The third kappa shape index (κ3) is 3.44. The minimum absolute atomic E-state index is 0.182. The predicted octanol–water partition coefficient (Wildman–Crippen LogP) is 1.90. The van der Waals surface area contributed by atoms with Crippen LogP contribution in [0.1, 0.15) is 17.2 Å². The van der Waals surface area contributed by atoms with E-state index in [1.807, 2.05) is 0 Å². The molecular weight excluding hydrogens is 288 g/mol. The molecule has 1 saturated heterocycles. The van der Waals surface area contributed by atoms with E-state index in [9.17, 15) is 17.6 Å². The van der Waals surface area contributed by atoms with Gasteiger partial charge in [0.05, 0.1) is 0 Å². The number of alkyl halides is 3. The molecule has 4 N–H and O–H groups in total. The van der Waals surface area contributed by atoms with Gasteiger partial charge in [0, 0.05) is 24.7 Å². The van der Waals surface area contributed by atoms with E-state index in [1.165, 1.54) is 11.0 Å². The van der Waals surface area contributed by atoms with Crippen molar-refractivity contribution in [1.29, 1.82) is 5.41 Å². The Morgan fingerprint density at radius 1 is 1.43 bits per heavy atom. The number of guanidine groups is 1. The molecule has 1 aromatic rings. The van der Waals surface area contributed by atoms with E-state index in [4.69, 9.17) is 11.1 Å². The van der Waals surface area contributed by atoms with Crippen LogP contribution in [0.5, 0.6) is 0 Å². The maximum Gasteiger partial charge on any atom is 0.408 e. The van der Waals surface area contributed by atoms with Crippen LogP contribution >= 0.6 is 0 Å². The Morgan fingerprint density at radius 3 is 2.52 bits per heavy atom. The van der Waals surface area contributed by atoms with Gasteiger partial charge in [0.2, 0.25) is 0 Å². The summed E-state index contributed by atoms with van der Waals surface area (Å²) in [4.78, 5) is 1.43. The topological polar surface area (TPSA) is 65.1 Å². The zero-order valence-corrected chi connectivity index (χ0v) is 11.3. The van der Waals surface area contributed by atoms with E-state index in [2.05, 4.69) is 5.32 Å². The van der Waals surface area contributed by atoms with Gasteiger partial charge in [0.15, 0.2) is 5.96 Å². The van der Waals surface area contributed by atoms with E-state index in [0.29, 0.717) is 5.56 Å². The second-order valence-electron chi connectivity index (χ2n) is 5.15. The third-order valence-electron chi connectivity index (χ3n) is 3.42. The molecule has 4 nitrogen and oxygen atoms in total. The molecule has 0 radical (unpaired) electrons. The number of rotatable bonds is 3. The van der Waals surface area contributed by atoms with Gasteiger partial charge in [-0.1, -0.05) is 12.1 Å². The molecule has 0 saturated carbocycles. The predicted molar refractivity (Wildman–Crippen MR) is 70.3 cm³/mol. The molecule has 1 aliphatic rings. The Balaban J connectivity index is 2.15. The van der Waals surface area contributed by atoms with Crippen LogP contribution in [-0.2, 0) is 0 Å². The van der Waals surface area contributed by atoms with E-state index in [1.54, 1.807) is 6.92 Å². The minimum atomic E-state index is -4.60. The van der Waals surface area contributed by atoms with Crippen LogP contribution in [0.4, 0.5) is 17.6 Å². The lowest BCUT2D eigenvalue weighted by molar-refractivity contribution is -0.162. The number of likely N-dealkylation sites (tertiary alicyclic amines) is 1. The molecule has 1 aliphatic heterocycles. The summed E-state index contributed by atoms with van der Waals surface area (Å²) >= 11 is 0. The third-order valence-corrected chi connectivity index (χ3v) is 3.42. The SMILES string of the molecule is Cc1ccc(C(NC2CN(C(=N)N)C2)C(F)(F)F)c(F)c1. The molecule has 1 heterocycles. The fourth-order valence-electron chi connectivity index (χ4n) is 2.24. The molecule has 0 amide bonds. The molecule has 1 aromatic carbocycles. The number of nitrogens with one attached hydrogen (secondary N) is 2. The van der Waals surface area contributed by atoms with Crippen molar-refractivity contribution >= 4 is 5.96 Å². The van der Waals surface area contributed by atoms with E-state index >= 15 is 0 Å². The first-order valence-electron chi connectivity index (χ1n) is 6.36. The first kappa shape index (κ1) is 15.6. The summed E-state index contributed by atoms with van der Waals surface area (Å²) in [6.07, 6.45) is -4.60. The molecule has 2 rings (SSSR count). The van der Waals surface area contributed by atoms with Gasteiger partial charge < -0.3 is 10.6 Å². The second-order valence-corrected chi connectivity index (χ2v) is 5.15. The normalized spacial score (nSPS) is 17.5. The summed E-state index contributed by atoms with van der Waals surface area (Å²) in [5.74, 6) is -1.06. The number of halogens is 4. The molecule has 0 bridgehead atoms. The van der Waals surface area contributed by atoms with Gasteiger partial charge >= 0.3 is 6.18 Å². The number of benzene rings is 1. The number of nitrogens with two attached hydrogens (primary N) is 1. The highest BCUT2D eigenvalue weighted by Crippen LogP contribution is 2.35. The number of aryl methyl sites for hydroxylation is 1. The van der Waals surface area contributed by atoms with Crippen LogP contribution in [0.2, 0.25) is 0 Å². The molecular formula is C13H16F4N4. The highest BCUT2D eigenvalue weighted by molar-refractivity contribution is 5.75. The number of nitrogens with zero attached hydrogens (tertiary/aromatic N) is 1. The van der Waals surface area contributed by atoms with Crippen LogP contribution in [0.15, 0.2) is 18.2 Å². The molecule has 116 valence electrons. The summed E-state index contributed by atoms with van der Waals surface area (Å²) in [6, 6.07) is 1.12. The van der Waals surface area contributed by atoms with Crippen molar-refractivity contribution in [3.63, 3.8) is 0 Å². The number of hydrogen-bond acceptors (Lipinski definition) is 2. The largest absolute Gasteiger partial charge is 0.408 e. The Morgan fingerprint density at radius 2 is 2.05 bits per heavy atom. The highest BCUT2D eigenvalue weighted by atomic mass is 19.4. The monoisotopic (exact) mass is 304 g/mol. The summed E-state index contributed by atoms with van der Waals surface area (Å²) in [7, 11) is 0. The van der Waals surface area contributed by atoms with Crippen LogP contribution in [-0.4, -0.2) is 36.2 Å².